The van der Waals surface area contributed by atoms with Gasteiger partial charge in [-0.1, -0.05) is 23.7 Å². The Kier molecular flexibility index (Phi) is 2.94. The first-order valence-electron chi connectivity index (χ1n) is 4.85. The lowest BCUT2D eigenvalue weighted by molar-refractivity contribution is -0.156. The molecule has 0 aliphatic carbocycles. The highest BCUT2D eigenvalue weighted by atomic mass is 35.5. The van der Waals surface area contributed by atoms with E-state index >= 15 is 0 Å². The summed E-state index contributed by atoms with van der Waals surface area (Å²) >= 11 is 5.74. The van der Waals surface area contributed by atoms with Crippen molar-refractivity contribution in [2.24, 2.45) is 0 Å². The van der Waals surface area contributed by atoms with E-state index in [9.17, 15) is 24.6 Å². The number of halogens is 1. The van der Waals surface area contributed by atoms with E-state index in [0.717, 1.165) is 0 Å². The number of esters is 2. The Morgan fingerprint density at radius 1 is 1.33 bits per heavy atom. The number of cyclic esters (lactones) is 2. The maximum Gasteiger partial charge on any atom is 0.357 e. The number of carbonyl (C=O) groups excluding carboxylic acids is 3. The highest BCUT2D eigenvalue weighted by Crippen LogP contribution is 2.29. The van der Waals surface area contributed by atoms with E-state index in [0.29, 0.717) is 0 Å². The van der Waals surface area contributed by atoms with Gasteiger partial charge in [0.05, 0.1) is 5.02 Å². The third kappa shape index (κ3) is 1.62. The lowest BCUT2D eigenvalue weighted by Crippen LogP contribution is -2.52. The van der Waals surface area contributed by atoms with E-state index in [4.69, 9.17) is 11.6 Å². The van der Waals surface area contributed by atoms with Crippen molar-refractivity contribution in [2.75, 3.05) is 0 Å². The zero-order chi connectivity index (χ0) is 13.5. The van der Waals surface area contributed by atoms with Crippen LogP contribution in [-0.4, -0.2) is 39.6 Å². The number of aliphatic hydroxyl groups is 2. The van der Waals surface area contributed by atoms with Crippen LogP contribution < -0.4 is 0 Å². The van der Waals surface area contributed by atoms with Crippen molar-refractivity contribution in [2.45, 2.75) is 11.7 Å². The SMILES string of the molecule is O=C1OC(=O)[C@](O)(C(=O)c2ccccc2Cl)[C@@H]1O. The molecular weight excluding hydrogens is 264 g/mol. The summed E-state index contributed by atoms with van der Waals surface area (Å²) in [5.41, 5.74) is -3.13. The fourth-order valence-corrected chi connectivity index (χ4v) is 1.80. The van der Waals surface area contributed by atoms with Crippen LogP contribution in [0.1, 0.15) is 10.4 Å². The van der Waals surface area contributed by atoms with Crippen LogP contribution >= 0.6 is 11.6 Å². The number of carbonyl (C=O) groups is 3. The predicted octanol–water partition coefficient (Wildman–Crippen LogP) is -0.302. The van der Waals surface area contributed by atoms with Gasteiger partial charge in [-0.2, -0.15) is 0 Å². The molecule has 0 bridgehead atoms. The maximum atomic E-state index is 12.0. The quantitative estimate of drug-likeness (QED) is 0.435. The van der Waals surface area contributed by atoms with Crippen LogP contribution in [0.4, 0.5) is 0 Å². The summed E-state index contributed by atoms with van der Waals surface area (Å²) in [6, 6.07) is 5.62. The number of ketones is 1. The summed E-state index contributed by atoms with van der Waals surface area (Å²) in [5.74, 6) is -4.07. The molecule has 18 heavy (non-hydrogen) atoms. The fourth-order valence-electron chi connectivity index (χ4n) is 1.57. The molecule has 1 fully saturated rings. The summed E-state index contributed by atoms with van der Waals surface area (Å²) in [4.78, 5) is 34.3. The van der Waals surface area contributed by atoms with E-state index in [-0.39, 0.29) is 10.6 Å². The van der Waals surface area contributed by atoms with Crippen LogP contribution in [0, 0.1) is 0 Å². The summed E-state index contributed by atoms with van der Waals surface area (Å²) < 4.78 is 4.03. The molecule has 0 unspecified atom stereocenters. The maximum absolute atomic E-state index is 12.0. The molecule has 7 heteroatoms. The van der Waals surface area contributed by atoms with Gasteiger partial charge >= 0.3 is 11.9 Å². The number of Topliss-reactive ketones (excluding diaryl/α,β-unsaturated/α-hetero) is 1. The molecule has 0 aromatic heterocycles. The van der Waals surface area contributed by atoms with Crippen molar-refractivity contribution in [3.63, 3.8) is 0 Å². The monoisotopic (exact) mass is 270 g/mol. The minimum absolute atomic E-state index is 0.0183. The molecule has 0 spiro atoms. The molecule has 2 N–H and O–H groups in total. The van der Waals surface area contributed by atoms with Gasteiger partial charge in [-0.25, -0.2) is 9.59 Å². The second-order valence-corrected chi connectivity index (χ2v) is 4.09. The van der Waals surface area contributed by atoms with Crippen molar-refractivity contribution in [1.29, 1.82) is 0 Å². The Labute approximate surface area is 106 Å². The molecule has 1 aromatic carbocycles. The smallest absolute Gasteiger partial charge is 0.357 e. The van der Waals surface area contributed by atoms with Crippen LogP contribution in [0.2, 0.25) is 5.02 Å². The van der Waals surface area contributed by atoms with Crippen molar-refractivity contribution in [3.05, 3.63) is 34.9 Å². The van der Waals surface area contributed by atoms with Crippen LogP contribution in [0.5, 0.6) is 0 Å². The van der Waals surface area contributed by atoms with Crippen LogP contribution in [-0.2, 0) is 14.3 Å². The van der Waals surface area contributed by atoms with Crippen molar-refractivity contribution in [3.8, 4) is 0 Å². The zero-order valence-electron chi connectivity index (χ0n) is 8.79. The minimum atomic E-state index is -2.94. The third-order valence-electron chi connectivity index (χ3n) is 2.59. The first kappa shape index (κ1) is 12.7. The van der Waals surface area contributed by atoms with Crippen molar-refractivity contribution < 1.29 is 29.3 Å². The van der Waals surface area contributed by atoms with Gasteiger partial charge in [0.25, 0.3) is 5.60 Å². The number of hydrogen-bond acceptors (Lipinski definition) is 6. The van der Waals surface area contributed by atoms with Crippen molar-refractivity contribution in [1.82, 2.24) is 0 Å². The number of ether oxygens (including phenoxy) is 1. The normalized spacial score (nSPS) is 27.2. The summed E-state index contributed by atoms with van der Waals surface area (Å²) in [5, 5.41) is 19.3. The molecule has 2 rings (SSSR count). The average Bonchev–Trinajstić information content (AvgIpc) is 2.54. The molecule has 0 saturated carbocycles. The Bertz CT molecular complexity index is 554. The van der Waals surface area contributed by atoms with E-state index in [2.05, 4.69) is 4.74 Å². The highest BCUT2D eigenvalue weighted by molar-refractivity contribution is 6.36. The standard InChI is InChI=1S/C11H7ClO6/c12-6-4-2-1-3-5(6)7(13)11(17)8(14)9(15)18-10(11)16/h1-4,8,14,17H/t8-,11+/m1/s1. The van der Waals surface area contributed by atoms with Gasteiger partial charge in [-0.05, 0) is 12.1 Å². The molecule has 1 aliphatic rings. The Morgan fingerprint density at radius 3 is 2.44 bits per heavy atom. The first-order chi connectivity index (χ1) is 8.39. The summed E-state index contributed by atoms with van der Waals surface area (Å²) in [6.45, 7) is 0. The van der Waals surface area contributed by atoms with Gasteiger partial charge in [-0.3, -0.25) is 4.79 Å². The van der Waals surface area contributed by atoms with Crippen molar-refractivity contribution >= 4 is 29.3 Å². The lowest BCUT2D eigenvalue weighted by atomic mass is 9.89. The largest absolute Gasteiger partial charge is 0.388 e. The zero-order valence-corrected chi connectivity index (χ0v) is 9.55. The lowest BCUT2D eigenvalue weighted by Gasteiger charge is -2.18. The van der Waals surface area contributed by atoms with E-state index in [1.165, 1.54) is 24.3 Å². The molecule has 1 aromatic rings. The van der Waals surface area contributed by atoms with Gasteiger partial charge in [-0.15, -0.1) is 0 Å². The molecule has 6 nitrogen and oxygen atoms in total. The molecule has 1 heterocycles. The van der Waals surface area contributed by atoms with Crippen LogP contribution in [0.3, 0.4) is 0 Å². The van der Waals surface area contributed by atoms with Gasteiger partial charge in [0.2, 0.25) is 5.78 Å². The number of hydrogen-bond donors (Lipinski definition) is 2. The fraction of sp³-hybridized carbons (Fsp3) is 0.182. The summed E-state index contributed by atoms with van der Waals surface area (Å²) in [6.07, 6.45) is -2.26. The Hall–Kier alpha value is -1.76. The molecule has 0 radical (unpaired) electrons. The minimum Gasteiger partial charge on any atom is -0.388 e. The topological polar surface area (TPSA) is 101 Å². The van der Waals surface area contributed by atoms with E-state index in [1.54, 1.807) is 0 Å². The van der Waals surface area contributed by atoms with Gasteiger partial charge in [0, 0.05) is 5.56 Å². The Morgan fingerprint density at radius 2 is 1.94 bits per heavy atom. The van der Waals surface area contributed by atoms with E-state index < -0.39 is 29.4 Å². The van der Waals surface area contributed by atoms with Gasteiger partial charge < -0.3 is 14.9 Å². The van der Waals surface area contributed by atoms with Crippen LogP contribution in [0.15, 0.2) is 24.3 Å². The van der Waals surface area contributed by atoms with Gasteiger partial charge in [0.15, 0.2) is 6.10 Å². The number of benzene rings is 1. The van der Waals surface area contributed by atoms with Gasteiger partial charge in [0.1, 0.15) is 0 Å². The molecule has 94 valence electrons. The molecule has 1 saturated heterocycles. The second-order valence-electron chi connectivity index (χ2n) is 3.69. The van der Waals surface area contributed by atoms with Crippen LogP contribution in [0.25, 0.3) is 0 Å². The Balaban J connectivity index is 2.49. The van der Waals surface area contributed by atoms with E-state index in [1.807, 2.05) is 0 Å². The third-order valence-corrected chi connectivity index (χ3v) is 2.92. The predicted molar refractivity (Wildman–Crippen MR) is 57.8 cm³/mol. The molecule has 0 amide bonds. The second kappa shape index (κ2) is 4.16. The molecule has 1 aliphatic heterocycles. The number of aliphatic hydroxyl groups excluding tert-OH is 1. The number of rotatable bonds is 2. The molecule has 2 atom stereocenters. The molecular formula is C11H7ClO6. The summed E-state index contributed by atoms with van der Waals surface area (Å²) in [7, 11) is 0. The first-order valence-corrected chi connectivity index (χ1v) is 5.22. The highest BCUT2D eigenvalue weighted by Gasteiger charge is 2.62. The average molecular weight is 271 g/mol.